The first kappa shape index (κ1) is 26.5. The van der Waals surface area contributed by atoms with E-state index in [4.69, 9.17) is 18.9 Å². The average Bonchev–Trinajstić information content (AvgIpc) is 3.27. The molecule has 9 heteroatoms. The molecule has 4 rings (SSSR count). The second-order valence-electron chi connectivity index (χ2n) is 8.62. The first-order valence-electron chi connectivity index (χ1n) is 12.0. The van der Waals surface area contributed by atoms with Gasteiger partial charge < -0.3 is 28.1 Å². The van der Waals surface area contributed by atoms with Gasteiger partial charge in [-0.2, -0.15) is 0 Å². The first-order valence-corrected chi connectivity index (χ1v) is 12.9. The van der Waals surface area contributed by atoms with Crippen molar-refractivity contribution in [3.8, 4) is 11.5 Å². The minimum Gasteiger partial charge on any atom is -0.496 e. The number of hydrogen-bond donors (Lipinski definition) is 0. The lowest BCUT2D eigenvalue weighted by Crippen LogP contribution is -2.06. The lowest BCUT2D eigenvalue weighted by atomic mass is 10.1. The average molecular weight is 525 g/mol. The monoisotopic (exact) mass is 524 g/mol. The maximum Gasteiger partial charge on any atom is 0.340 e. The predicted octanol–water partition coefficient (Wildman–Crippen LogP) is 5.81. The number of fused-ring (bicyclic) bond motifs is 2. The van der Waals surface area contributed by atoms with Gasteiger partial charge in [0.05, 0.1) is 59.4 Å². The van der Waals surface area contributed by atoms with Crippen LogP contribution in [0.3, 0.4) is 0 Å². The molecular formula is C28H32N2O6S. The lowest BCUT2D eigenvalue weighted by molar-refractivity contribution is 0.0517. The molecule has 0 fully saturated rings. The Labute approximate surface area is 220 Å². The Morgan fingerprint density at radius 2 is 1.11 bits per heavy atom. The molecule has 37 heavy (non-hydrogen) atoms. The molecule has 0 aliphatic heterocycles. The van der Waals surface area contributed by atoms with Crippen LogP contribution in [0.2, 0.25) is 0 Å². The van der Waals surface area contributed by atoms with Gasteiger partial charge in [0.1, 0.15) is 11.5 Å². The Balaban J connectivity index is 1.87. The van der Waals surface area contributed by atoms with Gasteiger partial charge in [0, 0.05) is 36.3 Å². The maximum atomic E-state index is 12.7. The number of rotatable bonds is 8. The summed E-state index contributed by atoms with van der Waals surface area (Å²) in [6.07, 6.45) is 0. The smallest absolute Gasteiger partial charge is 0.340 e. The van der Waals surface area contributed by atoms with E-state index in [9.17, 15) is 9.59 Å². The van der Waals surface area contributed by atoms with Crippen LogP contribution in [-0.4, -0.2) is 48.5 Å². The van der Waals surface area contributed by atoms with E-state index in [1.807, 2.05) is 61.3 Å². The molecule has 0 bridgehead atoms. The van der Waals surface area contributed by atoms with E-state index in [0.29, 0.717) is 35.8 Å². The van der Waals surface area contributed by atoms with Crippen molar-refractivity contribution in [2.24, 2.45) is 14.1 Å². The van der Waals surface area contributed by atoms with Gasteiger partial charge >= 0.3 is 11.9 Å². The van der Waals surface area contributed by atoms with Crippen molar-refractivity contribution in [2.45, 2.75) is 37.5 Å². The SMILES string of the molecule is CCOC(=O)c1c(C)n(C)c2cc(Sc3cc4c(cc3OC)c(C(=O)OCC)c(C)n4C)c(OC)cc12. The molecule has 4 aromatic rings. The molecule has 2 heterocycles. The van der Waals surface area contributed by atoms with E-state index in [1.54, 1.807) is 28.1 Å². The summed E-state index contributed by atoms with van der Waals surface area (Å²) >= 11 is 1.50. The molecule has 0 saturated carbocycles. The molecule has 8 nitrogen and oxygen atoms in total. The van der Waals surface area contributed by atoms with Crippen molar-refractivity contribution in [1.29, 1.82) is 0 Å². The molecule has 0 N–H and O–H groups in total. The summed E-state index contributed by atoms with van der Waals surface area (Å²) in [4.78, 5) is 27.1. The van der Waals surface area contributed by atoms with E-state index >= 15 is 0 Å². The van der Waals surface area contributed by atoms with Gasteiger partial charge in [0.2, 0.25) is 0 Å². The Morgan fingerprint density at radius 1 is 0.730 bits per heavy atom. The second-order valence-corrected chi connectivity index (χ2v) is 9.71. The standard InChI is InChI=1S/C28H32N2O6S/c1-9-35-27(31)25-15(3)29(5)19-13-23(21(33-7)11-17(19)25)37-24-14-20-18(12-22(24)34-8)26(16(4)30(20)6)28(32)36-10-2/h11-14H,9-10H2,1-8H3. The summed E-state index contributed by atoms with van der Waals surface area (Å²) in [5.41, 5.74) is 4.51. The van der Waals surface area contributed by atoms with Crippen LogP contribution in [0.15, 0.2) is 34.1 Å². The number of ether oxygens (including phenoxy) is 4. The molecule has 0 amide bonds. The van der Waals surface area contributed by atoms with Gasteiger partial charge in [-0.1, -0.05) is 11.8 Å². The summed E-state index contributed by atoms with van der Waals surface area (Å²) in [6, 6.07) is 7.79. The van der Waals surface area contributed by atoms with Crippen molar-refractivity contribution in [2.75, 3.05) is 27.4 Å². The first-order chi connectivity index (χ1) is 17.7. The second kappa shape index (κ2) is 10.4. The fraction of sp³-hybridized carbons (Fsp3) is 0.357. The molecule has 0 unspecified atom stereocenters. The van der Waals surface area contributed by atoms with Gasteiger partial charge in [0.25, 0.3) is 0 Å². The number of carbonyl (C=O) groups excluding carboxylic acids is 2. The predicted molar refractivity (Wildman–Crippen MR) is 144 cm³/mol. The van der Waals surface area contributed by atoms with Crippen LogP contribution in [0, 0.1) is 13.8 Å². The van der Waals surface area contributed by atoms with Crippen molar-refractivity contribution in [1.82, 2.24) is 9.13 Å². The fourth-order valence-corrected chi connectivity index (χ4v) is 5.72. The molecular weight excluding hydrogens is 492 g/mol. The zero-order valence-corrected chi connectivity index (χ0v) is 23.3. The molecule has 0 atom stereocenters. The Kier molecular flexibility index (Phi) is 7.45. The van der Waals surface area contributed by atoms with Crippen molar-refractivity contribution in [3.05, 3.63) is 46.8 Å². The number of esters is 2. The van der Waals surface area contributed by atoms with Crippen LogP contribution in [0.5, 0.6) is 11.5 Å². The number of hydrogen-bond acceptors (Lipinski definition) is 7. The van der Waals surface area contributed by atoms with Gasteiger partial charge in [0.15, 0.2) is 0 Å². The molecule has 0 saturated heterocycles. The minimum atomic E-state index is -0.350. The van der Waals surface area contributed by atoms with E-state index < -0.39 is 0 Å². The highest BCUT2D eigenvalue weighted by molar-refractivity contribution is 7.99. The number of nitrogens with zero attached hydrogens (tertiary/aromatic N) is 2. The number of aryl methyl sites for hydroxylation is 2. The molecule has 0 aliphatic rings. The molecule has 0 radical (unpaired) electrons. The molecule has 2 aromatic carbocycles. The van der Waals surface area contributed by atoms with Crippen molar-refractivity contribution in [3.63, 3.8) is 0 Å². The van der Waals surface area contributed by atoms with Crippen LogP contribution >= 0.6 is 11.8 Å². The van der Waals surface area contributed by atoms with E-state index in [1.165, 1.54) is 11.8 Å². The lowest BCUT2D eigenvalue weighted by Gasteiger charge is -2.13. The Hall–Kier alpha value is -3.59. The van der Waals surface area contributed by atoms with Crippen LogP contribution in [0.4, 0.5) is 0 Å². The number of carbonyl (C=O) groups is 2. The van der Waals surface area contributed by atoms with Crippen LogP contribution in [-0.2, 0) is 23.6 Å². The number of benzene rings is 2. The van der Waals surface area contributed by atoms with Crippen molar-refractivity contribution < 1.29 is 28.5 Å². The molecule has 196 valence electrons. The molecule has 0 spiro atoms. The topological polar surface area (TPSA) is 80.9 Å². The fourth-order valence-electron chi connectivity index (χ4n) is 4.66. The van der Waals surface area contributed by atoms with E-state index in [-0.39, 0.29) is 11.9 Å². The maximum absolute atomic E-state index is 12.7. The third-order valence-electron chi connectivity index (χ3n) is 6.73. The largest absolute Gasteiger partial charge is 0.496 e. The minimum absolute atomic E-state index is 0.304. The highest BCUT2D eigenvalue weighted by atomic mass is 32.2. The van der Waals surface area contributed by atoms with E-state index in [0.717, 1.165) is 43.0 Å². The number of methoxy groups -OCH3 is 2. The normalized spacial score (nSPS) is 11.2. The Morgan fingerprint density at radius 3 is 1.43 bits per heavy atom. The quantitative estimate of drug-likeness (QED) is 0.269. The van der Waals surface area contributed by atoms with Gasteiger partial charge in [-0.25, -0.2) is 9.59 Å². The van der Waals surface area contributed by atoms with Gasteiger partial charge in [-0.05, 0) is 52.0 Å². The third-order valence-corrected chi connectivity index (χ3v) is 7.81. The summed E-state index contributed by atoms with van der Waals surface area (Å²) in [5.74, 6) is 0.561. The highest BCUT2D eigenvalue weighted by Crippen LogP contribution is 2.45. The van der Waals surface area contributed by atoms with Crippen LogP contribution < -0.4 is 9.47 Å². The highest BCUT2D eigenvalue weighted by Gasteiger charge is 2.24. The third kappa shape index (κ3) is 4.41. The summed E-state index contributed by atoms with van der Waals surface area (Å²) in [6.45, 7) is 8.00. The number of aromatic nitrogens is 2. The zero-order valence-electron chi connectivity index (χ0n) is 22.5. The van der Waals surface area contributed by atoms with Crippen LogP contribution in [0.25, 0.3) is 21.8 Å². The van der Waals surface area contributed by atoms with E-state index in [2.05, 4.69) is 0 Å². The van der Waals surface area contributed by atoms with Crippen molar-refractivity contribution >= 4 is 45.5 Å². The summed E-state index contributed by atoms with van der Waals surface area (Å²) < 4.78 is 26.1. The molecule has 2 aromatic heterocycles. The Bertz CT molecular complexity index is 1420. The van der Waals surface area contributed by atoms with Gasteiger partial charge in [-0.3, -0.25) is 0 Å². The molecule has 0 aliphatic carbocycles. The summed E-state index contributed by atoms with van der Waals surface area (Å²) in [7, 11) is 7.07. The van der Waals surface area contributed by atoms with Gasteiger partial charge in [-0.15, -0.1) is 0 Å². The summed E-state index contributed by atoms with van der Waals surface area (Å²) in [5, 5.41) is 1.55. The van der Waals surface area contributed by atoms with Crippen LogP contribution in [0.1, 0.15) is 46.0 Å². The zero-order chi connectivity index (χ0) is 27.0.